The molecule has 0 heterocycles. The van der Waals surface area contributed by atoms with Crippen molar-refractivity contribution in [3.63, 3.8) is 0 Å². The van der Waals surface area contributed by atoms with Crippen LogP contribution in [0.2, 0.25) is 0 Å². The van der Waals surface area contributed by atoms with Gasteiger partial charge in [-0.05, 0) is 51.6 Å². The topological polar surface area (TPSA) is 29.5 Å². The fourth-order valence-electron chi connectivity index (χ4n) is 5.52. The van der Waals surface area contributed by atoms with Gasteiger partial charge in [-0.25, -0.2) is 0 Å². The van der Waals surface area contributed by atoms with E-state index in [1.165, 1.54) is 27.8 Å². The van der Waals surface area contributed by atoms with Crippen molar-refractivity contribution >= 4 is 0 Å². The molecule has 1 N–H and O–H groups in total. The Balaban J connectivity index is 1.44. The van der Waals surface area contributed by atoms with Crippen molar-refractivity contribution in [1.29, 1.82) is 0 Å². The standard InChI is InChI=1S/C33H26O2/c34-32-17-9-8-16-31(32)33(29-14-6-4-12-27(29)28-13-5-7-15-30(28)33)25-18-20-26(21-19-25)35-23-22-24-10-2-1-3-11-24/h1-21,34H,22-23H2. The molecule has 0 saturated heterocycles. The summed E-state index contributed by atoms with van der Waals surface area (Å²) in [5, 5.41) is 11.1. The Morgan fingerprint density at radius 3 is 1.71 bits per heavy atom. The highest BCUT2D eigenvalue weighted by Gasteiger charge is 2.47. The minimum atomic E-state index is -0.610. The summed E-state index contributed by atoms with van der Waals surface area (Å²) in [7, 11) is 0. The summed E-state index contributed by atoms with van der Waals surface area (Å²) in [6.45, 7) is 0.625. The summed E-state index contributed by atoms with van der Waals surface area (Å²) < 4.78 is 6.08. The molecule has 0 bridgehead atoms. The first-order valence-corrected chi connectivity index (χ1v) is 12.0. The first-order chi connectivity index (χ1) is 17.3. The Hall–Kier alpha value is -4.30. The van der Waals surface area contributed by atoms with Gasteiger partial charge in [-0.3, -0.25) is 0 Å². The Morgan fingerprint density at radius 2 is 1.09 bits per heavy atom. The molecule has 35 heavy (non-hydrogen) atoms. The zero-order valence-electron chi connectivity index (χ0n) is 19.4. The summed E-state index contributed by atoms with van der Waals surface area (Å²) in [4.78, 5) is 0. The number of hydrogen-bond donors (Lipinski definition) is 1. The highest BCUT2D eigenvalue weighted by Crippen LogP contribution is 2.57. The number of phenols is 1. The largest absolute Gasteiger partial charge is 0.508 e. The van der Waals surface area contributed by atoms with E-state index in [1.807, 2.05) is 36.4 Å². The molecular weight excluding hydrogens is 428 g/mol. The quantitative estimate of drug-likeness (QED) is 0.285. The third kappa shape index (κ3) is 3.50. The highest BCUT2D eigenvalue weighted by molar-refractivity contribution is 5.86. The minimum absolute atomic E-state index is 0.294. The first-order valence-electron chi connectivity index (χ1n) is 12.0. The van der Waals surface area contributed by atoms with Gasteiger partial charge in [0, 0.05) is 12.0 Å². The van der Waals surface area contributed by atoms with E-state index in [2.05, 4.69) is 84.9 Å². The van der Waals surface area contributed by atoms with Gasteiger partial charge in [0.2, 0.25) is 0 Å². The molecule has 1 aliphatic rings. The van der Waals surface area contributed by atoms with Crippen LogP contribution in [0.25, 0.3) is 11.1 Å². The monoisotopic (exact) mass is 454 g/mol. The maximum Gasteiger partial charge on any atom is 0.120 e. The van der Waals surface area contributed by atoms with Crippen LogP contribution in [0.1, 0.15) is 27.8 Å². The molecule has 0 unspecified atom stereocenters. The fraction of sp³-hybridized carbons (Fsp3) is 0.0909. The lowest BCUT2D eigenvalue weighted by molar-refractivity contribution is 0.322. The third-order valence-electron chi connectivity index (χ3n) is 7.05. The zero-order chi connectivity index (χ0) is 23.7. The Kier molecular flexibility index (Phi) is 5.35. The fourth-order valence-corrected chi connectivity index (χ4v) is 5.52. The molecular formula is C33H26O2. The number of para-hydroxylation sites is 1. The third-order valence-corrected chi connectivity index (χ3v) is 7.05. The molecule has 2 heteroatoms. The van der Waals surface area contributed by atoms with Crippen molar-refractivity contribution in [1.82, 2.24) is 0 Å². The normalized spacial score (nSPS) is 13.1. The molecule has 0 fully saturated rings. The lowest BCUT2D eigenvalue weighted by atomic mass is 9.67. The second-order valence-electron chi connectivity index (χ2n) is 8.97. The van der Waals surface area contributed by atoms with Crippen LogP contribution in [0, 0.1) is 0 Å². The zero-order valence-corrected chi connectivity index (χ0v) is 19.4. The van der Waals surface area contributed by atoms with E-state index >= 15 is 0 Å². The van der Waals surface area contributed by atoms with E-state index in [0.717, 1.165) is 23.3 Å². The van der Waals surface area contributed by atoms with Crippen molar-refractivity contribution in [2.75, 3.05) is 6.61 Å². The number of ether oxygens (including phenoxy) is 1. The van der Waals surface area contributed by atoms with E-state index < -0.39 is 5.41 Å². The molecule has 0 spiro atoms. The molecule has 170 valence electrons. The van der Waals surface area contributed by atoms with E-state index in [9.17, 15) is 5.11 Å². The van der Waals surface area contributed by atoms with Gasteiger partial charge in [0.15, 0.2) is 0 Å². The summed E-state index contributed by atoms with van der Waals surface area (Å²) in [5.74, 6) is 1.14. The van der Waals surface area contributed by atoms with Crippen molar-refractivity contribution in [3.05, 3.63) is 155 Å². The highest BCUT2D eigenvalue weighted by atomic mass is 16.5. The van der Waals surface area contributed by atoms with Crippen molar-refractivity contribution in [3.8, 4) is 22.6 Å². The van der Waals surface area contributed by atoms with Gasteiger partial charge < -0.3 is 9.84 Å². The molecule has 6 rings (SSSR count). The van der Waals surface area contributed by atoms with Crippen LogP contribution in [-0.2, 0) is 11.8 Å². The molecule has 0 aromatic heterocycles. The van der Waals surface area contributed by atoms with Gasteiger partial charge in [0.05, 0.1) is 12.0 Å². The number of fused-ring (bicyclic) bond motifs is 3. The van der Waals surface area contributed by atoms with Gasteiger partial charge in [-0.1, -0.05) is 109 Å². The molecule has 0 radical (unpaired) electrons. The molecule has 0 saturated carbocycles. The van der Waals surface area contributed by atoms with Crippen LogP contribution in [0.5, 0.6) is 11.5 Å². The summed E-state index contributed by atoms with van der Waals surface area (Å²) in [6, 6.07) is 43.5. The molecule has 0 aliphatic heterocycles. The lowest BCUT2D eigenvalue weighted by Gasteiger charge is -2.34. The Bertz CT molecular complexity index is 1420. The van der Waals surface area contributed by atoms with Crippen molar-refractivity contribution in [2.45, 2.75) is 11.8 Å². The minimum Gasteiger partial charge on any atom is -0.508 e. The Labute approximate surface area is 206 Å². The van der Waals surface area contributed by atoms with E-state index in [1.54, 1.807) is 6.07 Å². The average Bonchev–Trinajstić information content (AvgIpc) is 3.21. The van der Waals surface area contributed by atoms with Gasteiger partial charge >= 0.3 is 0 Å². The number of aromatic hydroxyl groups is 1. The van der Waals surface area contributed by atoms with Gasteiger partial charge in [-0.15, -0.1) is 0 Å². The molecule has 1 aliphatic carbocycles. The number of phenolic OH excluding ortho intramolecular Hbond substituents is 1. The summed E-state index contributed by atoms with van der Waals surface area (Å²) in [5.41, 5.74) is 7.41. The van der Waals surface area contributed by atoms with Crippen LogP contribution in [0.4, 0.5) is 0 Å². The summed E-state index contributed by atoms with van der Waals surface area (Å²) >= 11 is 0. The van der Waals surface area contributed by atoms with E-state index in [-0.39, 0.29) is 0 Å². The average molecular weight is 455 g/mol. The maximum absolute atomic E-state index is 11.1. The van der Waals surface area contributed by atoms with Gasteiger partial charge in [0.25, 0.3) is 0 Å². The van der Waals surface area contributed by atoms with Gasteiger partial charge in [-0.2, -0.15) is 0 Å². The predicted molar refractivity (Wildman–Crippen MR) is 141 cm³/mol. The van der Waals surface area contributed by atoms with Crippen LogP contribution >= 0.6 is 0 Å². The van der Waals surface area contributed by atoms with Crippen LogP contribution in [-0.4, -0.2) is 11.7 Å². The molecule has 0 amide bonds. The molecule has 0 atom stereocenters. The number of hydrogen-bond acceptors (Lipinski definition) is 2. The summed E-state index contributed by atoms with van der Waals surface area (Å²) in [6.07, 6.45) is 0.866. The van der Waals surface area contributed by atoms with E-state index in [0.29, 0.717) is 12.4 Å². The van der Waals surface area contributed by atoms with Crippen LogP contribution in [0.15, 0.2) is 127 Å². The second kappa shape index (κ2) is 8.81. The first kappa shape index (κ1) is 21.2. The van der Waals surface area contributed by atoms with Crippen molar-refractivity contribution < 1.29 is 9.84 Å². The Morgan fingerprint density at radius 1 is 0.543 bits per heavy atom. The SMILES string of the molecule is Oc1ccccc1C1(c2ccc(OCCc3ccccc3)cc2)c2ccccc2-c2ccccc21. The van der Waals surface area contributed by atoms with Crippen LogP contribution in [0.3, 0.4) is 0 Å². The number of rotatable bonds is 6. The molecule has 5 aromatic rings. The van der Waals surface area contributed by atoms with Crippen molar-refractivity contribution in [2.24, 2.45) is 0 Å². The van der Waals surface area contributed by atoms with Gasteiger partial charge in [0.1, 0.15) is 11.5 Å². The second-order valence-corrected chi connectivity index (χ2v) is 8.97. The maximum atomic E-state index is 11.1. The lowest BCUT2D eigenvalue weighted by Crippen LogP contribution is -2.28. The molecule has 5 aromatic carbocycles. The number of benzene rings is 5. The predicted octanol–water partition coefficient (Wildman–Crippen LogP) is 7.38. The smallest absolute Gasteiger partial charge is 0.120 e. The van der Waals surface area contributed by atoms with E-state index in [4.69, 9.17) is 4.74 Å². The van der Waals surface area contributed by atoms with Crippen LogP contribution < -0.4 is 4.74 Å². The molecule has 2 nitrogen and oxygen atoms in total.